The molecular formula is C12H19FN2O2S. The lowest BCUT2D eigenvalue weighted by Crippen LogP contribution is -2.36. The average Bonchev–Trinajstić information content (AvgIpc) is 2.27. The molecule has 0 amide bonds. The van der Waals surface area contributed by atoms with Crippen LogP contribution in [0.5, 0.6) is 0 Å². The number of hydrogen-bond donors (Lipinski definition) is 1. The van der Waals surface area contributed by atoms with Gasteiger partial charge < -0.3 is 5.73 Å². The largest absolute Gasteiger partial charge is 0.330 e. The van der Waals surface area contributed by atoms with Gasteiger partial charge in [-0.1, -0.05) is 0 Å². The highest BCUT2D eigenvalue weighted by Crippen LogP contribution is 2.21. The van der Waals surface area contributed by atoms with Crippen LogP contribution in [-0.2, 0) is 10.0 Å². The summed E-state index contributed by atoms with van der Waals surface area (Å²) in [7, 11) is -2.08. The van der Waals surface area contributed by atoms with Crippen molar-refractivity contribution < 1.29 is 12.8 Å². The van der Waals surface area contributed by atoms with Crippen LogP contribution in [-0.4, -0.2) is 32.4 Å². The third-order valence-corrected chi connectivity index (χ3v) is 5.13. The molecule has 1 atom stereocenters. The first-order valence-corrected chi connectivity index (χ1v) is 7.19. The second-order valence-corrected chi connectivity index (χ2v) is 6.32. The zero-order valence-corrected chi connectivity index (χ0v) is 11.7. The first kappa shape index (κ1) is 15.1. The van der Waals surface area contributed by atoms with Crippen LogP contribution in [0.15, 0.2) is 23.1 Å². The van der Waals surface area contributed by atoms with Crippen LogP contribution in [0, 0.1) is 12.7 Å². The molecule has 0 heterocycles. The molecule has 0 aliphatic rings. The van der Waals surface area contributed by atoms with Crippen LogP contribution in [0.25, 0.3) is 0 Å². The molecule has 0 radical (unpaired) electrons. The number of nitrogens with two attached hydrogens (primary N) is 1. The molecule has 0 saturated carbocycles. The highest BCUT2D eigenvalue weighted by atomic mass is 32.2. The standard InChI is InChI=1S/C12H19FN2O2S/c1-9-8-11(13)4-5-12(9)18(16,17)15(3)10(2)6-7-14/h4-5,8,10H,6-7,14H2,1-3H3. The minimum absolute atomic E-state index is 0.135. The van der Waals surface area contributed by atoms with Gasteiger partial charge in [-0.15, -0.1) is 0 Å². The van der Waals surface area contributed by atoms with E-state index in [-0.39, 0.29) is 10.9 Å². The molecule has 1 aromatic carbocycles. The fraction of sp³-hybridized carbons (Fsp3) is 0.500. The van der Waals surface area contributed by atoms with Crippen molar-refractivity contribution in [1.82, 2.24) is 4.31 Å². The van der Waals surface area contributed by atoms with Crippen molar-refractivity contribution in [2.75, 3.05) is 13.6 Å². The number of hydrogen-bond acceptors (Lipinski definition) is 3. The van der Waals surface area contributed by atoms with Gasteiger partial charge in [-0.2, -0.15) is 4.31 Å². The van der Waals surface area contributed by atoms with Crippen molar-refractivity contribution >= 4 is 10.0 Å². The van der Waals surface area contributed by atoms with Crippen molar-refractivity contribution in [2.45, 2.75) is 31.2 Å². The van der Waals surface area contributed by atoms with E-state index in [1.54, 1.807) is 13.8 Å². The first-order valence-electron chi connectivity index (χ1n) is 5.75. The van der Waals surface area contributed by atoms with Crippen LogP contribution < -0.4 is 5.73 Å². The zero-order chi connectivity index (χ0) is 13.9. The van der Waals surface area contributed by atoms with Gasteiger partial charge in [0.05, 0.1) is 4.90 Å². The Labute approximate surface area is 108 Å². The van der Waals surface area contributed by atoms with E-state index in [1.807, 2.05) is 0 Å². The van der Waals surface area contributed by atoms with E-state index in [0.29, 0.717) is 18.5 Å². The van der Waals surface area contributed by atoms with E-state index in [9.17, 15) is 12.8 Å². The monoisotopic (exact) mass is 274 g/mol. The number of aryl methyl sites for hydroxylation is 1. The minimum Gasteiger partial charge on any atom is -0.330 e. The van der Waals surface area contributed by atoms with Crippen LogP contribution in [0.4, 0.5) is 4.39 Å². The molecule has 1 rings (SSSR count). The molecule has 18 heavy (non-hydrogen) atoms. The molecule has 4 nitrogen and oxygen atoms in total. The Kier molecular flexibility index (Phi) is 4.84. The Morgan fingerprint density at radius 2 is 2.06 bits per heavy atom. The van der Waals surface area contributed by atoms with Crippen LogP contribution in [0.3, 0.4) is 0 Å². The molecule has 1 aromatic rings. The maximum atomic E-state index is 13.0. The lowest BCUT2D eigenvalue weighted by Gasteiger charge is -2.24. The predicted octanol–water partition coefficient (Wildman–Crippen LogP) is 1.49. The highest BCUT2D eigenvalue weighted by Gasteiger charge is 2.26. The third-order valence-electron chi connectivity index (χ3n) is 3.00. The van der Waals surface area contributed by atoms with Crippen molar-refractivity contribution in [3.8, 4) is 0 Å². The molecule has 0 aliphatic heterocycles. The fourth-order valence-electron chi connectivity index (χ4n) is 1.72. The summed E-state index contributed by atoms with van der Waals surface area (Å²) in [6, 6.07) is 3.48. The summed E-state index contributed by atoms with van der Waals surface area (Å²) in [5.41, 5.74) is 5.83. The summed E-state index contributed by atoms with van der Waals surface area (Å²) in [5.74, 6) is -0.441. The van der Waals surface area contributed by atoms with Gasteiger partial charge >= 0.3 is 0 Å². The Bertz CT molecular complexity index is 517. The summed E-state index contributed by atoms with van der Waals surface area (Å²) in [6.07, 6.45) is 0.579. The summed E-state index contributed by atoms with van der Waals surface area (Å²) in [4.78, 5) is 0.135. The fourth-order valence-corrected chi connectivity index (χ4v) is 3.31. The van der Waals surface area contributed by atoms with E-state index < -0.39 is 15.8 Å². The molecule has 0 fully saturated rings. The first-order chi connectivity index (χ1) is 8.30. The molecule has 102 valence electrons. The summed E-state index contributed by atoms with van der Waals surface area (Å²) in [5, 5.41) is 0. The van der Waals surface area contributed by atoms with E-state index in [0.717, 1.165) is 6.07 Å². The summed E-state index contributed by atoms with van der Waals surface area (Å²) < 4.78 is 39.0. The number of sulfonamides is 1. The van der Waals surface area contributed by atoms with Crippen molar-refractivity contribution in [2.24, 2.45) is 5.73 Å². The quantitative estimate of drug-likeness (QED) is 0.885. The number of halogens is 1. The molecule has 6 heteroatoms. The molecule has 0 aliphatic carbocycles. The third kappa shape index (κ3) is 3.07. The van der Waals surface area contributed by atoms with Gasteiger partial charge in [0.15, 0.2) is 0 Å². The second kappa shape index (κ2) is 5.77. The average molecular weight is 274 g/mol. The SMILES string of the molecule is Cc1cc(F)ccc1S(=O)(=O)N(C)C(C)CCN. The minimum atomic E-state index is -3.60. The van der Waals surface area contributed by atoms with E-state index in [1.165, 1.54) is 23.5 Å². The van der Waals surface area contributed by atoms with Crippen LogP contribution in [0.2, 0.25) is 0 Å². The van der Waals surface area contributed by atoms with Crippen molar-refractivity contribution in [1.29, 1.82) is 0 Å². The Morgan fingerprint density at radius 3 is 2.56 bits per heavy atom. The maximum Gasteiger partial charge on any atom is 0.243 e. The van der Waals surface area contributed by atoms with Gasteiger partial charge in [0.2, 0.25) is 10.0 Å². The van der Waals surface area contributed by atoms with Gasteiger partial charge in [-0.05, 0) is 50.6 Å². The lowest BCUT2D eigenvalue weighted by molar-refractivity contribution is 0.374. The smallest absolute Gasteiger partial charge is 0.243 e. The predicted molar refractivity (Wildman–Crippen MR) is 69.2 cm³/mol. The van der Waals surface area contributed by atoms with Gasteiger partial charge in [-0.25, -0.2) is 12.8 Å². The summed E-state index contributed by atoms with van der Waals surface area (Å²) in [6.45, 7) is 3.80. The molecule has 0 aromatic heterocycles. The number of benzene rings is 1. The van der Waals surface area contributed by atoms with Gasteiger partial charge in [0, 0.05) is 13.1 Å². The lowest BCUT2D eigenvalue weighted by atomic mass is 10.2. The van der Waals surface area contributed by atoms with Gasteiger partial charge in [0.1, 0.15) is 5.82 Å². The zero-order valence-electron chi connectivity index (χ0n) is 10.9. The Balaban J connectivity index is 3.13. The van der Waals surface area contributed by atoms with Crippen LogP contribution in [0.1, 0.15) is 18.9 Å². The van der Waals surface area contributed by atoms with E-state index in [4.69, 9.17) is 5.73 Å². The molecule has 0 spiro atoms. The molecule has 1 unspecified atom stereocenters. The van der Waals surface area contributed by atoms with E-state index in [2.05, 4.69) is 0 Å². The number of rotatable bonds is 5. The van der Waals surface area contributed by atoms with Crippen molar-refractivity contribution in [3.63, 3.8) is 0 Å². The van der Waals surface area contributed by atoms with Crippen LogP contribution >= 0.6 is 0 Å². The molecular weight excluding hydrogens is 255 g/mol. The topological polar surface area (TPSA) is 63.4 Å². The van der Waals surface area contributed by atoms with Gasteiger partial charge in [0.25, 0.3) is 0 Å². The van der Waals surface area contributed by atoms with E-state index >= 15 is 0 Å². The highest BCUT2D eigenvalue weighted by molar-refractivity contribution is 7.89. The maximum absolute atomic E-state index is 13.0. The van der Waals surface area contributed by atoms with Gasteiger partial charge in [-0.3, -0.25) is 0 Å². The molecule has 0 bridgehead atoms. The number of nitrogens with zero attached hydrogens (tertiary/aromatic N) is 1. The normalized spacial score (nSPS) is 13.9. The Hall–Kier alpha value is -0.980. The Morgan fingerprint density at radius 1 is 1.44 bits per heavy atom. The second-order valence-electron chi connectivity index (χ2n) is 4.36. The molecule has 2 N–H and O–H groups in total. The summed E-state index contributed by atoms with van der Waals surface area (Å²) >= 11 is 0. The molecule has 0 saturated heterocycles. The van der Waals surface area contributed by atoms with Crippen molar-refractivity contribution in [3.05, 3.63) is 29.6 Å².